The van der Waals surface area contributed by atoms with Gasteiger partial charge >= 0.3 is 11.8 Å². The summed E-state index contributed by atoms with van der Waals surface area (Å²) >= 11 is 0. The Bertz CT molecular complexity index is 918. The molecule has 0 aliphatic heterocycles. The van der Waals surface area contributed by atoms with Crippen LogP contribution in [0, 0.1) is 0 Å². The number of anilines is 2. The Morgan fingerprint density at radius 2 is 1.04 bits per heavy atom. The van der Waals surface area contributed by atoms with E-state index in [9.17, 15) is 9.59 Å². The highest BCUT2D eigenvalue weighted by molar-refractivity contribution is 6.02. The van der Waals surface area contributed by atoms with Gasteiger partial charge in [0.1, 0.15) is 0 Å². The molecule has 3 rings (SSSR count). The predicted molar refractivity (Wildman–Crippen MR) is 111 cm³/mol. The minimum absolute atomic E-state index is 0.271. The van der Waals surface area contributed by atoms with Crippen LogP contribution < -0.4 is 15.6 Å². The first-order valence-corrected chi connectivity index (χ1v) is 8.79. The van der Waals surface area contributed by atoms with Crippen LogP contribution in [0.1, 0.15) is 11.1 Å². The van der Waals surface area contributed by atoms with Gasteiger partial charge in [0.05, 0.1) is 0 Å². The van der Waals surface area contributed by atoms with Crippen molar-refractivity contribution in [3.05, 3.63) is 102 Å². The highest BCUT2D eigenvalue weighted by atomic mass is 16.2. The summed E-state index contributed by atoms with van der Waals surface area (Å²) in [7, 11) is 0. The number of pyridine rings is 1. The summed E-state index contributed by atoms with van der Waals surface area (Å²) in [5, 5.41) is 5.47. The van der Waals surface area contributed by atoms with E-state index in [0.717, 1.165) is 11.1 Å². The molecule has 0 aliphatic rings. The molecule has 0 fully saturated rings. The molecule has 0 spiro atoms. The zero-order valence-electron chi connectivity index (χ0n) is 15.1. The number of hydrogen-bond donors (Lipinski definition) is 2. The zero-order valence-corrected chi connectivity index (χ0v) is 15.1. The van der Waals surface area contributed by atoms with Gasteiger partial charge in [-0.1, -0.05) is 60.7 Å². The minimum Gasteiger partial charge on any atom is -0.251 e. The van der Waals surface area contributed by atoms with E-state index in [1.807, 2.05) is 60.7 Å². The molecule has 0 saturated carbocycles. The van der Waals surface area contributed by atoms with E-state index < -0.39 is 0 Å². The minimum atomic E-state index is -0.271. The number of aromatic nitrogens is 1. The predicted octanol–water partition coefficient (Wildman–Crippen LogP) is 3.80. The van der Waals surface area contributed by atoms with Gasteiger partial charge in [-0.15, -0.1) is 0 Å². The fourth-order valence-corrected chi connectivity index (χ4v) is 2.44. The summed E-state index contributed by atoms with van der Waals surface area (Å²) in [6.45, 7) is 0. The van der Waals surface area contributed by atoms with Crippen molar-refractivity contribution in [1.82, 2.24) is 0 Å². The first-order valence-electron chi connectivity index (χ1n) is 8.79. The van der Waals surface area contributed by atoms with Crippen LogP contribution in [0.4, 0.5) is 11.6 Å². The fourth-order valence-electron chi connectivity index (χ4n) is 2.44. The van der Waals surface area contributed by atoms with E-state index in [-0.39, 0.29) is 11.8 Å². The summed E-state index contributed by atoms with van der Waals surface area (Å²) in [6.07, 6.45) is 6.37. The third-order valence-electron chi connectivity index (χ3n) is 3.76. The number of hydrogen-bond acceptors (Lipinski definition) is 2. The number of rotatable bonds is 6. The second-order valence-corrected chi connectivity index (χ2v) is 5.94. The molecule has 0 atom stereocenters. The second kappa shape index (κ2) is 9.64. The van der Waals surface area contributed by atoms with Crippen molar-refractivity contribution in [2.45, 2.75) is 0 Å². The van der Waals surface area contributed by atoms with Crippen molar-refractivity contribution in [2.75, 3.05) is 10.6 Å². The molecule has 3 N–H and O–H groups in total. The number of benzene rings is 2. The SMILES string of the molecule is O=C(C=Cc1ccccc1)Nc1cccc(NC(=O)C=Cc2ccccc2)[nH+]1. The van der Waals surface area contributed by atoms with Crippen LogP contribution in [0.15, 0.2) is 91.0 Å². The van der Waals surface area contributed by atoms with E-state index in [4.69, 9.17) is 0 Å². The molecule has 2 amide bonds. The Labute approximate surface area is 163 Å². The van der Waals surface area contributed by atoms with Crippen LogP contribution >= 0.6 is 0 Å². The molecule has 1 aromatic heterocycles. The van der Waals surface area contributed by atoms with Gasteiger partial charge in [-0.05, 0) is 29.3 Å². The first-order chi connectivity index (χ1) is 13.7. The lowest BCUT2D eigenvalue weighted by Crippen LogP contribution is -2.22. The van der Waals surface area contributed by atoms with Crippen molar-refractivity contribution in [3.63, 3.8) is 0 Å². The summed E-state index contributed by atoms with van der Waals surface area (Å²) in [5.41, 5.74) is 1.88. The van der Waals surface area contributed by atoms with E-state index in [1.54, 1.807) is 30.4 Å². The normalized spacial score (nSPS) is 10.9. The van der Waals surface area contributed by atoms with Gasteiger partial charge in [0.25, 0.3) is 0 Å². The number of nitrogens with one attached hydrogen (secondary N) is 3. The number of H-pyrrole nitrogens is 1. The van der Waals surface area contributed by atoms with Crippen LogP contribution in [0.3, 0.4) is 0 Å². The Kier molecular flexibility index (Phi) is 6.47. The summed E-state index contributed by atoms with van der Waals surface area (Å²) in [5.74, 6) is 0.417. The maximum atomic E-state index is 12.1. The first kappa shape index (κ1) is 18.8. The van der Waals surface area contributed by atoms with Gasteiger partial charge in [0, 0.05) is 24.3 Å². The number of carbonyl (C=O) groups excluding carboxylic acids is 2. The maximum Gasteiger partial charge on any atom is 0.304 e. The molecule has 5 heteroatoms. The number of aromatic amines is 1. The molecule has 3 aromatic rings. The quantitative estimate of drug-likeness (QED) is 0.648. The van der Waals surface area contributed by atoms with E-state index >= 15 is 0 Å². The number of carbonyl (C=O) groups is 2. The summed E-state index contributed by atoms with van der Waals surface area (Å²) < 4.78 is 0. The van der Waals surface area contributed by atoms with Gasteiger partial charge in [-0.2, -0.15) is 0 Å². The van der Waals surface area contributed by atoms with Gasteiger partial charge in [-0.25, -0.2) is 15.6 Å². The molecular formula is C23H20N3O2+. The van der Waals surface area contributed by atoms with Crippen molar-refractivity contribution < 1.29 is 14.6 Å². The molecule has 1 heterocycles. The molecule has 0 bridgehead atoms. The molecular weight excluding hydrogens is 350 g/mol. The average molecular weight is 370 g/mol. The van der Waals surface area contributed by atoms with E-state index in [0.29, 0.717) is 11.6 Å². The molecule has 0 unspecified atom stereocenters. The molecule has 2 aromatic carbocycles. The van der Waals surface area contributed by atoms with Crippen LogP contribution in [-0.4, -0.2) is 11.8 Å². The lowest BCUT2D eigenvalue weighted by atomic mass is 10.2. The van der Waals surface area contributed by atoms with Crippen molar-refractivity contribution in [3.8, 4) is 0 Å². The third kappa shape index (κ3) is 6.07. The molecule has 5 nitrogen and oxygen atoms in total. The van der Waals surface area contributed by atoms with Gasteiger partial charge in [0.15, 0.2) is 0 Å². The zero-order chi connectivity index (χ0) is 19.6. The van der Waals surface area contributed by atoms with Gasteiger partial charge in [-0.3, -0.25) is 9.59 Å². The Morgan fingerprint density at radius 1 is 0.607 bits per heavy atom. The van der Waals surface area contributed by atoms with Crippen molar-refractivity contribution >= 4 is 35.6 Å². The smallest absolute Gasteiger partial charge is 0.251 e. The summed E-state index contributed by atoms with van der Waals surface area (Å²) in [4.78, 5) is 27.1. The Balaban J connectivity index is 1.57. The monoisotopic (exact) mass is 370 g/mol. The van der Waals surface area contributed by atoms with Crippen LogP contribution in [-0.2, 0) is 9.59 Å². The average Bonchev–Trinajstić information content (AvgIpc) is 2.72. The Morgan fingerprint density at radius 3 is 1.46 bits per heavy atom. The van der Waals surface area contributed by atoms with Crippen LogP contribution in [0.2, 0.25) is 0 Å². The molecule has 0 aliphatic carbocycles. The lowest BCUT2D eigenvalue weighted by molar-refractivity contribution is -0.343. The van der Waals surface area contributed by atoms with Gasteiger partial charge in [0.2, 0.25) is 11.6 Å². The molecule has 0 radical (unpaired) electrons. The molecule has 28 heavy (non-hydrogen) atoms. The third-order valence-corrected chi connectivity index (χ3v) is 3.76. The van der Waals surface area contributed by atoms with Crippen molar-refractivity contribution in [2.24, 2.45) is 0 Å². The lowest BCUT2D eigenvalue weighted by Gasteiger charge is -2.00. The Hall–Kier alpha value is -3.99. The standard InChI is InChI=1S/C23H19N3O2/c27-22(16-14-18-8-3-1-4-9-18)25-20-12-7-13-21(24-20)26-23(28)17-15-19-10-5-2-6-11-19/h1-17H,(H2,24,25,26,27,28)/p+1. The van der Waals surface area contributed by atoms with Crippen molar-refractivity contribution in [1.29, 1.82) is 0 Å². The highest BCUT2D eigenvalue weighted by Crippen LogP contribution is 2.06. The number of amides is 2. The molecule has 0 saturated heterocycles. The fraction of sp³-hybridized carbons (Fsp3) is 0. The maximum absolute atomic E-state index is 12.1. The highest BCUT2D eigenvalue weighted by Gasteiger charge is 2.08. The van der Waals surface area contributed by atoms with E-state index in [1.165, 1.54) is 12.2 Å². The topological polar surface area (TPSA) is 72.3 Å². The van der Waals surface area contributed by atoms with Gasteiger partial charge < -0.3 is 0 Å². The van der Waals surface area contributed by atoms with E-state index in [2.05, 4.69) is 15.6 Å². The largest absolute Gasteiger partial charge is 0.304 e. The van der Waals surface area contributed by atoms with Crippen LogP contribution in [0.25, 0.3) is 12.2 Å². The molecule has 138 valence electrons. The summed E-state index contributed by atoms with van der Waals surface area (Å²) in [6, 6.07) is 24.3. The van der Waals surface area contributed by atoms with Crippen LogP contribution in [0.5, 0.6) is 0 Å². The second-order valence-electron chi connectivity index (χ2n) is 5.94.